The molecule has 0 radical (unpaired) electrons. The first-order valence-corrected chi connectivity index (χ1v) is 3.58. The molecule has 0 aliphatic heterocycles. The maximum atomic E-state index is 12.6. The smallest absolute Gasteiger partial charge is 0.293 e. The summed E-state index contributed by atoms with van der Waals surface area (Å²) in [5.41, 5.74) is 0.196. The van der Waals surface area contributed by atoms with Crippen LogP contribution in [0.25, 0.3) is 0 Å². The van der Waals surface area contributed by atoms with Gasteiger partial charge in [0.05, 0.1) is 0 Å². The fraction of sp³-hybridized carbons (Fsp3) is 0.111. The summed E-state index contributed by atoms with van der Waals surface area (Å²) in [5, 5.41) is 0. The van der Waals surface area contributed by atoms with E-state index in [1.807, 2.05) is 0 Å². The maximum absolute atomic E-state index is 12.6. The Kier molecular flexibility index (Phi) is 3.14. The van der Waals surface area contributed by atoms with Gasteiger partial charge in [0.1, 0.15) is 5.82 Å². The monoisotopic (exact) mass is 182 g/mol. The quantitative estimate of drug-likeness (QED) is 0.518. The molecular weight excluding hydrogens is 175 g/mol. The molecule has 0 saturated heterocycles. The molecule has 0 bridgehead atoms. The van der Waals surface area contributed by atoms with Crippen LogP contribution in [0, 0.1) is 5.82 Å². The molecule has 0 saturated carbocycles. The second-order valence-electron chi connectivity index (χ2n) is 2.34. The van der Waals surface area contributed by atoms with Crippen molar-refractivity contribution in [1.82, 2.24) is 0 Å². The Hall–Kier alpha value is -1.71. The van der Waals surface area contributed by atoms with Crippen molar-refractivity contribution in [3.63, 3.8) is 0 Å². The molecule has 1 aromatic carbocycles. The van der Waals surface area contributed by atoms with E-state index < -0.39 is 11.6 Å². The van der Waals surface area contributed by atoms with Crippen molar-refractivity contribution in [2.24, 2.45) is 0 Å². The predicted molar refractivity (Wildman–Crippen MR) is 42.7 cm³/mol. The van der Waals surface area contributed by atoms with Gasteiger partial charge < -0.3 is 4.74 Å². The minimum Gasteiger partial charge on any atom is -0.459 e. The molecule has 0 atom stereocenters. The predicted octanol–water partition coefficient (Wildman–Crippen LogP) is 1.18. The lowest BCUT2D eigenvalue weighted by Gasteiger charge is -1.98. The zero-order valence-electron chi connectivity index (χ0n) is 6.70. The number of hydrogen-bond donors (Lipinski definition) is 0. The van der Waals surface area contributed by atoms with Gasteiger partial charge >= 0.3 is 0 Å². The van der Waals surface area contributed by atoms with Crippen LogP contribution >= 0.6 is 0 Å². The normalized spacial score (nSPS) is 9.31. The fourth-order valence-electron chi connectivity index (χ4n) is 0.855. The van der Waals surface area contributed by atoms with Crippen molar-refractivity contribution in [3.8, 4) is 0 Å². The molecule has 0 aromatic heterocycles. The lowest BCUT2D eigenvalue weighted by Crippen LogP contribution is -2.08. The third kappa shape index (κ3) is 2.66. The summed E-state index contributed by atoms with van der Waals surface area (Å²) in [5.74, 6) is -0.913. The Bertz CT molecular complexity index is 322. The van der Waals surface area contributed by atoms with Crippen molar-refractivity contribution in [3.05, 3.63) is 35.6 Å². The van der Waals surface area contributed by atoms with Crippen molar-refractivity contribution >= 4 is 12.3 Å². The van der Waals surface area contributed by atoms with Gasteiger partial charge in [-0.2, -0.15) is 0 Å². The van der Waals surface area contributed by atoms with E-state index in [0.29, 0.717) is 0 Å². The number of hydrogen-bond acceptors (Lipinski definition) is 3. The van der Waals surface area contributed by atoms with Crippen LogP contribution in [0.3, 0.4) is 0 Å². The summed E-state index contributed by atoms with van der Waals surface area (Å²) in [6, 6.07) is 5.21. The highest BCUT2D eigenvalue weighted by atomic mass is 19.1. The molecule has 0 amide bonds. The number of Topliss-reactive ketones (excluding diaryl/α,β-unsaturated/α-hetero) is 1. The number of rotatable bonds is 4. The molecule has 0 unspecified atom stereocenters. The zero-order chi connectivity index (χ0) is 9.68. The summed E-state index contributed by atoms with van der Waals surface area (Å²) in [6.07, 6.45) is 0. The number of ketones is 1. The van der Waals surface area contributed by atoms with Gasteiger partial charge in [-0.15, -0.1) is 0 Å². The Labute approximate surface area is 74.1 Å². The molecular formula is C9H7FO3. The van der Waals surface area contributed by atoms with Crippen LogP contribution in [0.2, 0.25) is 0 Å². The van der Waals surface area contributed by atoms with Crippen molar-refractivity contribution in [2.45, 2.75) is 0 Å². The molecule has 13 heavy (non-hydrogen) atoms. The molecule has 3 nitrogen and oxygen atoms in total. The Morgan fingerprint density at radius 1 is 1.54 bits per heavy atom. The number of benzene rings is 1. The van der Waals surface area contributed by atoms with Gasteiger partial charge in [0.25, 0.3) is 6.47 Å². The minimum absolute atomic E-state index is 0.178. The highest BCUT2D eigenvalue weighted by Gasteiger charge is 2.06. The molecule has 4 heteroatoms. The lowest BCUT2D eigenvalue weighted by molar-refractivity contribution is -0.127. The fourth-order valence-corrected chi connectivity index (χ4v) is 0.855. The maximum Gasteiger partial charge on any atom is 0.293 e. The van der Waals surface area contributed by atoms with E-state index in [0.717, 1.165) is 6.07 Å². The number of ether oxygens (including phenoxy) is 1. The van der Waals surface area contributed by atoms with Gasteiger partial charge in [0.2, 0.25) is 0 Å². The molecule has 68 valence electrons. The molecule has 0 fully saturated rings. The van der Waals surface area contributed by atoms with Gasteiger partial charge in [-0.05, 0) is 12.1 Å². The summed E-state index contributed by atoms with van der Waals surface area (Å²) >= 11 is 0. The number of carbonyl (C=O) groups excluding carboxylic acids is 2. The Balaban J connectivity index is 2.71. The average molecular weight is 182 g/mol. The Morgan fingerprint density at radius 3 is 2.92 bits per heavy atom. The first kappa shape index (κ1) is 9.38. The van der Waals surface area contributed by atoms with Crippen LogP contribution in [-0.2, 0) is 9.53 Å². The van der Waals surface area contributed by atoms with E-state index in [1.165, 1.54) is 18.2 Å². The van der Waals surface area contributed by atoms with Crippen LogP contribution in [0.4, 0.5) is 4.39 Å². The van der Waals surface area contributed by atoms with E-state index >= 15 is 0 Å². The highest BCUT2D eigenvalue weighted by molar-refractivity contribution is 5.97. The second-order valence-corrected chi connectivity index (χ2v) is 2.34. The van der Waals surface area contributed by atoms with Crippen LogP contribution in [0.15, 0.2) is 24.3 Å². The summed E-state index contributed by atoms with van der Waals surface area (Å²) in [7, 11) is 0. The van der Waals surface area contributed by atoms with Crippen LogP contribution in [-0.4, -0.2) is 18.9 Å². The third-order valence-corrected chi connectivity index (χ3v) is 1.43. The topological polar surface area (TPSA) is 43.4 Å². The summed E-state index contributed by atoms with van der Waals surface area (Å²) in [4.78, 5) is 20.9. The largest absolute Gasteiger partial charge is 0.459 e. The van der Waals surface area contributed by atoms with Crippen molar-refractivity contribution < 1.29 is 18.7 Å². The second kappa shape index (κ2) is 4.35. The molecule has 0 spiro atoms. The minimum atomic E-state index is -0.489. The molecule has 0 aliphatic carbocycles. The van der Waals surface area contributed by atoms with Gasteiger partial charge in [-0.25, -0.2) is 4.39 Å². The number of carbonyl (C=O) groups is 2. The molecule has 0 aliphatic rings. The van der Waals surface area contributed by atoms with Crippen LogP contribution in [0.1, 0.15) is 10.4 Å². The van der Waals surface area contributed by atoms with E-state index in [2.05, 4.69) is 4.74 Å². The van der Waals surface area contributed by atoms with Crippen molar-refractivity contribution in [1.29, 1.82) is 0 Å². The summed E-state index contributed by atoms with van der Waals surface area (Å²) in [6.45, 7) is -0.176. The zero-order valence-corrected chi connectivity index (χ0v) is 6.70. The summed E-state index contributed by atoms with van der Waals surface area (Å²) < 4.78 is 16.8. The van der Waals surface area contributed by atoms with Crippen LogP contribution < -0.4 is 0 Å². The van der Waals surface area contributed by atoms with Gasteiger partial charge in [-0.3, -0.25) is 9.59 Å². The molecule has 1 aromatic rings. The standard InChI is InChI=1S/C9H7FO3/c10-8-3-1-2-7(4-8)9(12)5-13-6-11/h1-4,6H,5H2. The molecule has 1 rings (SSSR count). The first-order valence-electron chi connectivity index (χ1n) is 3.58. The van der Waals surface area contributed by atoms with Gasteiger partial charge in [-0.1, -0.05) is 12.1 Å². The van der Waals surface area contributed by atoms with Gasteiger partial charge in [0.15, 0.2) is 12.4 Å². The third-order valence-electron chi connectivity index (χ3n) is 1.43. The van der Waals surface area contributed by atoms with Crippen LogP contribution in [0.5, 0.6) is 0 Å². The first-order chi connectivity index (χ1) is 6.24. The highest BCUT2D eigenvalue weighted by Crippen LogP contribution is 2.04. The van der Waals surface area contributed by atoms with E-state index in [1.54, 1.807) is 0 Å². The lowest BCUT2D eigenvalue weighted by atomic mass is 10.1. The van der Waals surface area contributed by atoms with E-state index in [4.69, 9.17) is 0 Å². The van der Waals surface area contributed by atoms with Crippen molar-refractivity contribution in [2.75, 3.05) is 6.61 Å². The Morgan fingerprint density at radius 2 is 2.31 bits per heavy atom. The SMILES string of the molecule is O=COCC(=O)c1cccc(F)c1. The average Bonchev–Trinajstić information content (AvgIpc) is 2.14. The van der Waals surface area contributed by atoms with E-state index in [9.17, 15) is 14.0 Å². The van der Waals surface area contributed by atoms with Gasteiger partial charge in [0, 0.05) is 5.56 Å². The molecule has 0 N–H and O–H groups in total. The molecule has 0 heterocycles. The van der Waals surface area contributed by atoms with E-state index in [-0.39, 0.29) is 18.6 Å². The number of halogens is 1.